The molecule has 0 aliphatic rings. The van der Waals surface area contributed by atoms with Crippen LogP contribution in [0.1, 0.15) is 20.8 Å². The number of nitrogens with one attached hydrogen (secondary N) is 2. The number of anilines is 1. The van der Waals surface area contributed by atoms with Gasteiger partial charge in [0.25, 0.3) is 11.8 Å². The van der Waals surface area contributed by atoms with E-state index in [1.807, 2.05) is 42.5 Å². The summed E-state index contributed by atoms with van der Waals surface area (Å²) in [6.45, 7) is 0. The third-order valence-corrected chi connectivity index (χ3v) is 6.49. The van der Waals surface area contributed by atoms with Crippen molar-refractivity contribution in [1.82, 2.24) is 10.3 Å². The van der Waals surface area contributed by atoms with E-state index >= 15 is 0 Å². The SMILES string of the molecule is CNC(=O)c1cc(Sc2ccc(-c3ccc(NC(=O)c4ccc(Cl)cc4)cc3Cl)cc2)ccn1. The fraction of sp³-hybridized carbons (Fsp3) is 0.0385. The van der Waals surface area contributed by atoms with Crippen LogP contribution in [0.2, 0.25) is 10.0 Å². The van der Waals surface area contributed by atoms with Gasteiger partial charge in [-0.1, -0.05) is 53.2 Å². The van der Waals surface area contributed by atoms with Gasteiger partial charge in [0.2, 0.25) is 0 Å². The van der Waals surface area contributed by atoms with Gasteiger partial charge < -0.3 is 10.6 Å². The first kappa shape index (κ1) is 23.8. The van der Waals surface area contributed by atoms with E-state index in [-0.39, 0.29) is 11.8 Å². The molecule has 170 valence electrons. The first-order valence-electron chi connectivity index (χ1n) is 10.3. The fourth-order valence-corrected chi connectivity index (χ4v) is 4.46. The maximum atomic E-state index is 12.4. The van der Waals surface area contributed by atoms with Gasteiger partial charge in [0.15, 0.2) is 0 Å². The Morgan fingerprint density at radius 2 is 1.56 bits per heavy atom. The van der Waals surface area contributed by atoms with E-state index in [4.69, 9.17) is 23.2 Å². The number of benzene rings is 3. The lowest BCUT2D eigenvalue weighted by atomic mass is 10.1. The summed E-state index contributed by atoms with van der Waals surface area (Å²) in [4.78, 5) is 30.2. The van der Waals surface area contributed by atoms with E-state index < -0.39 is 0 Å². The number of carbonyl (C=O) groups excluding carboxylic acids is 2. The summed E-state index contributed by atoms with van der Waals surface area (Å²) in [7, 11) is 1.58. The van der Waals surface area contributed by atoms with E-state index in [1.165, 1.54) is 11.8 Å². The maximum Gasteiger partial charge on any atom is 0.269 e. The summed E-state index contributed by atoms with van der Waals surface area (Å²) >= 11 is 13.9. The van der Waals surface area contributed by atoms with Crippen molar-refractivity contribution in [2.75, 3.05) is 12.4 Å². The minimum absolute atomic E-state index is 0.222. The molecule has 0 bridgehead atoms. The van der Waals surface area contributed by atoms with Gasteiger partial charge in [0.1, 0.15) is 5.69 Å². The van der Waals surface area contributed by atoms with Crippen LogP contribution in [0, 0.1) is 0 Å². The summed E-state index contributed by atoms with van der Waals surface area (Å²) < 4.78 is 0. The molecule has 5 nitrogen and oxygen atoms in total. The number of hydrogen-bond acceptors (Lipinski definition) is 4. The molecule has 1 aromatic heterocycles. The zero-order chi connectivity index (χ0) is 24.1. The molecule has 0 atom stereocenters. The number of nitrogens with zero attached hydrogens (tertiary/aromatic N) is 1. The van der Waals surface area contributed by atoms with Crippen LogP contribution < -0.4 is 10.6 Å². The van der Waals surface area contributed by atoms with E-state index in [2.05, 4.69) is 15.6 Å². The predicted molar refractivity (Wildman–Crippen MR) is 138 cm³/mol. The average molecular weight is 508 g/mol. The molecular weight excluding hydrogens is 489 g/mol. The summed E-state index contributed by atoms with van der Waals surface area (Å²) in [5, 5.41) is 6.52. The smallest absolute Gasteiger partial charge is 0.269 e. The molecule has 34 heavy (non-hydrogen) atoms. The quantitative estimate of drug-likeness (QED) is 0.300. The zero-order valence-corrected chi connectivity index (χ0v) is 20.3. The maximum absolute atomic E-state index is 12.4. The highest BCUT2D eigenvalue weighted by molar-refractivity contribution is 7.99. The second-order valence-electron chi connectivity index (χ2n) is 7.24. The second-order valence-corrected chi connectivity index (χ2v) is 9.23. The van der Waals surface area contributed by atoms with Crippen LogP contribution >= 0.6 is 35.0 Å². The van der Waals surface area contributed by atoms with Crippen molar-refractivity contribution in [1.29, 1.82) is 0 Å². The van der Waals surface area contributed by atoms with Crippen LogP contribution in [-0.4, -0.2) is 23.8 Å². The molecule has 0 aliphatic carbocycles. The van der Waals surface area contributed by atoms with Crippen LogP contribution in [0.15, 0.2) is 94.9 Å². The van der Waals surface area contributed by atoms with E-state index in [0.717, 1.165) is 20.9 Å². The fourth-order valence-electron chi connectivity index (χ4n) is 3.20. The minimum atomic E-state index is -0.238. The normalized spacial score (nSPS) is 10.6. The zero-order valence-electron chi connectivity index (χ0n) is 18.0. The number of halogens is 2. The van der Waals surface area contributed by atoms with Gasteiger partial charge in [-0.15, -0.1) is 0 Å². The third kappa shape index (κ3) is 5.78. The van der Waals surface area contributed by atoms with Crippen molar-refractivity contribution in [2.24, 2.45) is 0 Å². The van der Waals surface area contributed by atoms with Gasteiger partial charge in [0, 0.05) is 44.9 Å². The summed E-state index contributed by atoms with van der Waals surface area (Å²) in [6, 6.07) is 23.7. The van der Waals surface area contributed by atoms with Crippen molar-refractivity contribution < 1.29 is 9.59 Å². The standard InChI is InChI=1S/C26H19Cl2N3O2S/c1-29-26(33)24-15-21(12-13-30-24)34-20-9-4-16(5-10-20)22-11-8-19(14-23(22)28)31-25(32)17-2-6-18(27)7-3-17/h2-15H,1H3,(H,29,33)(H,31,32). The average Bonchev–Trinajstić information content (AvgIpc) is 2.85. The number of pyridine rings is 1. The minimum Gasteiger partial charge on any atom is -0.354 e. The first-order valence-corrected chi connectivity index (χ1v) is 11.8. The first-order chi connectivity index (χ1) is 16.4. The Morgan fingerprint density at radius 1 is 0.824 bits per heavy atom. The molecular formula is C26H19Cl2N3O2S. The topological polar surface area (TPSA) is 71.1 Å². The van der Waals surface area contributed by atoms with Gasteiger partial charge >= 0.3 is 0 Å². The number of aromatic nitrogens is 1. The van der Waals surface area contributed by atoms with Crippen molar-refractivity contribution in [2.45, 2.75) is 9.79 Å². The lowest BCUT2D eigenvalue weighted by Gasteiger charge is -2.10. The third-order valence-electron chi connectivity index (χ3n) is 4.93. The molecule has 0 unspecified atom stereocenters. The molecule has 4 aromatic rings. The Hall–Kier alpha value is -3.32. The van der Waals surface area contributed by atoms with Crippen molar-refractivity contribution in [3.63, 3.8) is 0 Å². The molecule has 0 aliphatic heterocycles. The molecule has 1 heterocycles. The molecule has 0 spiro atoms. The Labute approximate surface area is 211 Å². The lowest BCUT2D eigenvalue weighted by Crippen LogP contribution is -2.18. The molecule has 8 heteroatoms. The molecule has 0 radical (unpaired) electrons. The monoisotopic (exact) mass is 507 g/mol. The van der Waals surface area contributed by atoms with Gasteiger partial charge in [-0.2, -0.15) is 0 Å². The van der Waals surface area contributed by atoms with Crippen LogP contribution in [0.3, 0.4) is 0 Å². The Kier molecular flexibility index (Phi) is 7.53. The molecule has 0 fully saturated rings. The van der Waals surface area contributed by atoms with E-state index in [9.17, 15) is 9.59 Å². The summed E-state index contributed by atoms with van der Waals surface area (Å²) in [5.74, 6) is -0.460. The van der Waals surface area contributed by atoms with Crippen LogP contribution in [0.4, 0.5) is 5.69 Å². The Bertz CT molecular complexity index is 1340. The highest BCUT2D eigenvalue weighted by atomic mass is 35.5. The Balaban J connectivity index is 1.46. The molecule has 4 rings (SSSR count). The van der Waals surface area contributed by atoms with Gasteiger partial charge in [-0.05, 0) is 66.2 Å². The highest BCUT2D eigenvalue weighted by Crippen LogP contribution is 2.33. The molecule has 0 saturated heterocycles. The Morgan fingerprint density at radius 3 is 2.24 bits per heavy atom. The van der Waals surface area contributed by atoms with Gasteiger partial charge in [-0.3, -0.25) is 14.6 Å². The van der Waals surface area contributed by atoms with Crippen LogP contribution in [-0.2, 0) is 0 Å². The van der Waals surface area contributed by atoms with Crippen molar-refractivity contribution in [3.8, 4) is 11.1 Å². The predicted octanol–water partition coefficient (Wildman–Crippen LogP) is 6.82. The highest BCUT2D eigenvalue weighted by Gasteiger charge is 2.10. The van der Waals surface area contributed by atoms with Crippen LogP contribution in [0.5, 0.6) is 0 Å². The number of amides is 2. The van der Waals surface area contributed by atoms with E-state index in [0.29, 0.717) is 27.0 Å². The van der Waals surface area contributed by atoms with Crippen molar-refractivity contribution >= 4 is 52.5 Å². The number of carbonyl (C=O) groups is 2. The number of rotatable bonds is 6. The number of hydrogen-bond donors (Lipinski definition) is 2. The molecule has 3 aromatic carbocycles. The van der Waals surface area contributed by atoms with Crippen molar-refractivity contribution in [3.05, 3.63) is 106 Å². The molecule has 0 saturated carbocycles. The van der Waals surface area contributed by atoms with Crippen LogP contribution in [0.25, 0.3) is 11.1 Å². The molecule has 2 amide bonds. The lowest BCUT2D eigenvalue weighted by molar-refractivity contribution is 0.0957. The summed E-state index contributed by atoms with van der Waals surface area (Å²) in [6.07, 6.45) is 1.62. The largest absolute Gasteiger partial charge is 0.354 e. The summed E-state index contributed by atoms with van der Waals surface area (Å²) in [5.41, 5.74) is 3.29. The molecule has 2 N–H and O–H groups in total. The second kappa shape index (κ2) is 10.7. The van der Waals surface area contributed by atoms with E-state index in [1.54, 1.807) is 49.6 Å². The van der Waals surface area contributed by atoms with Gasteiger partial charge in [-0.25, -0.2) is 0 Å². The van der Waals surface area contributed by atoms with Gasteiger partial charge in [0.05, 0.1) is 5.02 Å².